The molecule has 0 aliphatic heterocycles. The third-order valence-electron chi connectivity index (χ3n) is 2.03. The van der Waals surface area contributed by atoms with E-state index in [9.17, 15) is 0 Å². The Labute approximate surface area is 96.1 Å². The highest BCUT2D eigenvalue weighted by atomic mass is 15.0. The van der Waals surface area contributed by atoms with Crippen molar-refractivity contribution < 1.29 is 0 Å². The summed E-state index contributed by atoms with van der Waals surface area (Å²) < 4.78 is 0. The maximum absolute atomic E-state index is 4.20. The SMILES string of the molecule is CNC.CNc1ncnc2cc(C)ccc12. The molecule has 16 heavy (non-hydrogen) atoms. The van der Waals surface area contributed by atoms with Crippen LogP contribution in [0.2, 0.25) is 0 Å². The van der Waals surface area contributed by atoms with Gasteiger partial charge in [-0.15, -0.1) is 0 Å². The summed E-state index contributed by atoms with van der Waals surface area (Å²) in [5, 5.41) is 6.85. The molecule has 0 fully saturated rings. The highest BCUT2D eigenvalue weighted by Crippen LogP contribution is 2.19. The molecule has 0 unspecified atom stereocenters. The molecular formula is C12H18N4. The number of aromatic nitrogens is 2. The number of hydrogen-bond acceptors (Lipinski definition) is 4. The van der Waals surface area contributed by atoms with Crippen molar-refractivity contribution in [1.29, 1.82) is 0 Å². The first kappa shape index (κ1) is 12.4. The first-order valence-electron chi connectivity index (χ1n) is 5.20. The lowest BCUT2D eigenvalue weighted by atomic mass is 10.1. The summed E-state index contributed by atoms with van der Waals surface area (Å²) >= 11 is 0. The first-order valence-corrected chi connectivity index (χ1v) is 5.20. The number of benzene rings is 1. The van der Waals surface area contributed by atoms with E-state index in [2.05, 4.69) is 39.7 Å². The van der Waals surface area contributed by atoms with Crippen LogP contribution in [-0.2, 0) is 0 Å². The summed E-state index contributed by atoms with van der Waals surface area (Å²) in [5.41, 5.74) is 2.20. The van der Waals surface area contributed by atoms with Crippen molar-refractivity contribution in [2.75, 3.05) is 26.5 Å². The van der Waals surface area contributed by atoms with Crippen molar-refractivity contribution in [3.63, 3.8) is 0 Å². The molecule has 2 aromatic rings. The van der Waals surface area contributed by atoms with E-state index in [1.165, 1.54) is 5.56 Å². The average molecular weight is 218 g/mol. The molecule has 0 saturated heterocycles. The van der Waals surface area contributed by atoms with Gasteiger partial charge in [-0.1, -0.05) is 6.07 Å². The Bertz CT molecular complexity index is 454. The van der Waals surface area contributed by atoms with Crippen LogP contribution in [0.15, 0.2) is 24.5 Å². The summed E-state index contributed by atoms with van der Waals surface area (Å²) in [4.78, 5) is 8.33. The van der Waals surface area contributed by atoms with Crippen LogP contribution in [0.5, 0.6) is 0 Å². The molecule has 0 amide bonds. The number of nitrogens with one attached hydrogen (secondary N) is 2. The van der Waals surface area contributed by atoms with Gasteiger partial charge in [-0.3, -0.25) is 0 Å². The molecule has 2 rings (SSSR count). The van der Waals surface area contributed by atoms with Crippen molar-refractivity contribution in [1.82, 2.24) is 15.3 Å². The van der Waals surface area contributed by atoms with Gasteiger partial charge in [0.2, 0.25) is 0 Å². The molecule has 4 heteroatoms. The smallest absolute Gasteiger partial charge is 0.137 e. The van der Waals surface area contributed by atoms with Gasteiger partial charge < -0.3 is 10.6 Å². The summed E-state index contributed by atoms with van der Waals surface area (Å²) in [6, 6.07) is 6.15. The van der Waals surface area contributed by atoms with E-state index in [0.29, 0.717) is 0 Å². The molecule has 0 aliphatic rings. The third-order valence-corrected chi connectivity index (χ3v) is 2.03. The predicted molar refractivity (Wildman–Crippen MR) is 68.8 cm³/mol. The van der Waals surface area contributed by atoms with Gasteiger partial charge in [-0.25, -0.2) is 9.97 Å². The van der Waals surface area contributed by atoms with Crippen molar-refractivity contribution in [3.05, 3.63) is 30.1 Å². The van der Waals surface area contributed by atoms with Crippen LogP contribution < -0.4 is 10.6 Å². The summed E-state index contributed by atoms with van der Waals surface area (Å²) in [6.45, 7) is 2.06. The average Bonchev–Trinajstić information content (AvgIpc) is 2.28. The van der Waals surface area contributed by atoms with E-state index in [0.717, 1.165) is 16.7 Å². The van der Waals surface area contributed by atoms with Gasteiger partial charge in [0, 0.05) is 12.4 Å². The fourth-order valence-electron chi connectivity index (χ4n) is 1.37. The molecule has 0 radical (unpaired) electrons. The first-order chi connectivity index (χ1) is 7.72. The molecule has 0 bridgehead atoms. The van der Waals surface area contributed by atoms with E-state index in [1.54, 1.807) is 6.33 Å². The van der Waals surface area contributed by atoms with Crippen LogP contribution in [0.1, 0.15) is 5.56 Å². The predicted octanol–water partition coefficient (Wildman–Crippen LogP) is 1.82. The monoisotopic (exact) mass is 218 g/mol. The van der Waals surface area contributed by atoms with Crippen LogP contribution in [0.25, 0.3) is 10.9 Å². The standard InChI is InChI=1S/C10H11N3.C2H7N/c1-7-3-4-8-9(5-7)12-6-13-10(8)11-2;1-3-2/h3-6H,1-2H3,(H,11,12,13);3H,1-2H3. The highest BCUT2D eigenvalue weighted by molar-refractivity contribution is 5.89. The van der Waals surface area contributed by atoms with Gasteiger partial charge in [-0.2, -0.15) is 0 Å². The maximum Gasteiger partial charge on any atom is 0.137 e. The van der Waals surface area contributed by atoms with Gasteiger partial charge in [0.1, 0.15) is 12.1 Å². The molecule has 1 aromatic carbocycles. The van der Waals surface area contributed by atoms with Crippen molar-refractivity contribution in [2.24, 2.45) is 0 Å². The molecule has 4 nitrogen and oxygen atoms in total. The van der Waals surface area contributed by atoms with E-state index >= 15 is 0 Å². The van der Waals surface area contributed by atoms with Crippen molar-refractivity contribution in [3.8, 4) is 0 Å². The van der Waals surface area contributed by atoms with Crippen LogP contribution in [0, 0.1) is 6.92 Å². The zero-order valence-electron chi connectivity index (χ0n) is 10.2. The quantitative estimate of drug-likeness (QED) is 0.766. The lowest BCUT2D eigenvalue weighted by Gasteiger charge is -2.03. The number of aryl methyl sites for hydroxylation is 1. The fraction of sp³-hybridized carbons (Fsp3) is 0.333. The number of rotatable bonds is 1. The van der Waals surface area contributed by atoms with Crippen LogP contribution in [0.3, 0.4) is 0 Å². The normalized spacial score (nSPS) is 9.50. The molecule has 86 valence electrons. The second-order valence-corrected chi connectivity index (χ2v) is 3.49. The molecule has 1 heterocycles. The Morgan fingerprint density at radius 3 is 2.38 bits per heavy atom. The van der Waals surface area contributed by atoms with Crippen LogP contribution in [0.4, 0.5) is 5.82 Å². The van der Waals surface area contributed by atoms with E-state index in [-0.39, 0.29) is 0 Å². The van der Waals surface area contributed by atoms with E-state index < -0.39 is 0 Å². The number of fused-ring (bicyclic) bond motifs is 1. The van der Waals surface area contributed by atoms with Gasteiger partial charge in [-0.05, 0) is 38.7 Å². The number of anilines is 1. The second kappa shape index (κ2) is 6.02. The number of nitrogens with zero attached hydrogens (tertiary/aromatic N) is 2. The summed E-state index contributed by atoms with van der Waals surface area (Å²) in [7, 11) is 5.61. The lowest BCUT2D eigenvalue weighted by molar-refractivity contribution is 1.02. The topological polar surface area (TPSA) is 49.8 Å². The Morgan fingerprint density at radius 1 is 1.06 bits per heavy atom. The molecule has 2 N–H and O–H groups in total. The molecule has 0 atom stereocenters. The zero-order valence-corrected chi connectivity index (χ0v) is 10.2. The van der Waals surface area contributed by atoms with Crippen molar-refractivity contribution >= 4 is 16.7 Å². The molecule has 1 aromatic heterocycles. The second-order valence-electron chi connectivity index (χ2n) is 3.49. The van der Waals surface area contributed by atoms with Gasteiger partial charge >= 0.3 is 0 Å². The Balaban J connectivity index is 0.000000386. The maximum atomic E-state index is 4.20. The van der Waals surface area contributed by atoms with E-state index in [1.807, 2.05) is 27.2 Å². The Morgan fingerprint density at radius 2 is 1.75 bits per heavy atom. The Hall–Kier alpha value is -1.68. The molecule has 0 aliphatic carbocycles. The molecule has 0 saturated carbocycles. The largest absolute Gasteiger partial charge is 0.373 e. The fourth-order valence-corrected chi connectivity index (χ4v) is 1.37. The minimum atomic E-state index is 0.880. The Kier molecular flexibility index (Phi) is 4.66. The molecular weight excluding hydrogens is 200 g/mol. The van der Waals surface area contributed by atoms with Gasteiger partial charge in [0.05, 0.1) is 5.52 Å². The lowest BCUT2D eigenvalue weighted by Crippen LogP contribution is -1.94. The van der Waals surface area contributed by atoms with E-state index in [4.69, 9.17) is 0 Å². The van der Waals surface area contributed by atoms with Gasteiger partial charge in [0.15, 0.2) is 0 Å². The summed E-state index contributed by atoms with van der Waals surface area (Å²) in [5.74, 6) is 0.880. The van der Waals surface area contributed by atoms with Crippen LogP contribution in [-0.4, -0.2) is 31.1 Å². The highest BCUT2D eigenvalue weighted by Gasteiger charge is 2.00. The van der Waals surface area contributed by atoms with Crippen LogP contribution >= 0.6 is 0 Å². The number of hydrogen-bond donors (Lipinski definition) is 2. The summed E-state index contributed by atoms with van der Waals surface area (Å²) in [6.07, 6.45) is 1.58. The molecule has 0 spiro atoms. The zero-order chi connectivity index (χ0) is 12.0. The minimum Gasteiger partial charge on any atom is -0.373 e. The third kappa shape index (κ3) is 2.90. The van der Waals surface area contributed by atoms with Crippen molar-refractivity contribution in [2.45, 2.75) is 6.92 Å². The minimum absolute atomic E-state index is 0.880. The van der Waals surface area contributed by atoms with Gasteiger partial charge in [0.25, 0.3) is 0 Å².